The van der Waals surface area contributed by atoms with E-state index in [9.17, 15) is 4.79 Å². The normalized spacial score (nSPS) is 10.3. The lowest BCUT2D eigenvalue weighted by atomic mass is 10.1. The Labute approximate surface area is 183 Å². The number of hydrogen-bond acceptors (Lipinski definition) is 5. The number of methoxy groups -OCH3 is 2. The molecule has 0 unspecified atom stereocenters. The smallest absolute Gasteiger partial charge is 0.255 e. The molecule has 1 amide bonds. The van der Waals surface area contributed by atoms with Crippen LogP contribution in [0.4, 0.5) is 5.69 Å². The molecule has 0 radical (unpaired) electrons. The van der Waals surface area contributed by atoms with Crippen LogP contribution in [0.5, 0.6) is 28.7 Å². The number of ether oxygens (including phenoxy) is 4. The molecule has 30 heavy (non-hydrogen) atoms. The number of anilines is 1. The third-order valence-corrected chi connectivity index (χ3v) is 4.78. The number of rotatable bonds is 8. The summed E-state index contributed by atoms with van der Waals surface area (Å²) < 4.78 is 22.5. The van der Waals surface area contributed by atoms with Gasteiger partial charge in [-0.1, -0.05) is 0 Å². The lowest BCUT2D eigenvalue weighted by Gasteiger charge is -2.13. The van der Waals surface area contributed by atoms with Crippen molar-refractivity contribution in [2.75, 3.05) is 26.1 Å². The van der Waals surface area contributed by atoms with E-state index in [4.69, 9.17) is 18.9 Å². The Bertz CT molecular complexity index is 1000. The van der Waals surface area contributed by atoms with Gasteiger partial charge in [0.05, 0.1) is 25.3 Å². The van der Waals surface area contributed by atoms with Gasteiger partial charge in [0.25, 0.3) is 5.91 Å². The third-order valence-electron chi connectivity index (χ3n) is 4.19. The number of nitrogens with one attached hydrogen (secondary N) is 1. The zero-order chi connectivity index (χ0) is 21.5. The lowest BCUT2D eigenvalue weighted by molar-refractivity contribution is 0.102. The molecule has 3 aromatic rings. The minimum Gasteiger partial charge on any atom is -0.497 e. The Morgan fingerprint density at radius 3 is 2.07 bits per heavy atom. The summed E-state index contributed by atoms with van der Waals surface area (Å²) in [6.45, 7) is 2.37. The second-order valence-corrected chi connectivity index (χ2v) is 7.03. The Morgan fingerprint density at radius 2 is 1.50 bits per heavy atom. The molecule has 156 valence electrons. The summed E-state index contributed by atoms with van der Waals surface area (Å²) >= 11 is 3.43. The highest BCUT2D eigenvalue weighted by molar-refractivity contribution is 9.10. The number of carbonyl (C=O) groups is 1. The number of hydrogen-bond donors (Lipinski definition) is 1. The van der Waals surface area contributed by atoms with Crippen LogP contribution < -0.4 is 24.3 Å². The van der Waals surface area contributed by atoms with E-state index in [1.54, 1.807) is 43.5 Å². The van der Waals surface area contributed by atoms with Gasteiger partial charge < -0.3 is 24.3 Å². The molecular formula is C23H22BrNO5. The molecule has 3 rings (SSSR count). The summed E-state index contributed by atoms with van der Waals surface area (Å²) in [7, 11) is 3.15. The zero-order valence-corrected chi connectivity index (χ0v) is 18.5. The summed E-state index contributed by atoms with van der Waals surface area (Å²) in [5.74, 6) is 2.90. The van der Waals surface area contributed by atoms with E-state index in [1.807, 2.05) is 31.2 Å². The van der Waals surface area contributed by atoms with Crippen LogP contribution in [0.15, 0.2) is 65.1 Å². The Kier molecular flexibility index (Phi) is 7.19. The summed E-state index contributed by atoms with van der Waals surface area (Å²) in [5.41, 5.74) is 1.09. The van der Waals surface area contributed by atoms with E-state index in [0.29, 0.717) is 45.3 Å². The molecule has 0 bridgehead atoms. The maximum atomic E-state index is 12.7. The Hall–Kier alpha value is -3.19. The van der Waals surface area contributed by atoms with Crippen molar-refractivity contribution in [3.8, 4) is 28.7 Å². The van der Waals surface area contributed by atoms with E-state index >= 15 is 0 Å². The molecule has 0 atom stereocenters. The maximum Gasteiger partial charge on any atom is 0.255 e. The van der Waals surface area contributed by atoms with E-state index in [0.717, 1.165) is 5.75 Å². The van der Waals surface area contributed by atoms with Crippen molar-refractivity contribution in [2.24, 2.45) is 0 Å². The fourth-order valence-corrected chi connectivity index (χ4v) is 3.28. The molecule has 0 fully saturated rings. The van der Waals surface area contributed by atoms with E-state index in [2.05, 4.69) is 21.2 Å². The van der Waals surface area contributed by atoms with Crippen molar-refractivity contribution in [1.29, 1.82) is 0 Å². The predicted octanol–water partition coefficient (Wildman–Crippen LogP) is 5.91. The largest absolute Gasteiger partial charge is 0.497 e. The van der Waals surface area contributed by atoms with E-state index in [-0.39, 0.29) is 5.91 Å². The molecular weight excluding hydrogens is 450 g/mol. The first-order valence-corrected chi connectivity index (χ1v) is 10.1. The highest BCUT2D eigenvalue weighted by atomic mass is 79.9. The molecule has 0 aromatic heterocycles. The molecule has 7 heteroatoms. The van der Waals surface area contributed by atoms with Gasteiger partial charge in [-0.15, -0.1) is 0 Å². The van der Waals surface area contributed by atoms with Crippen LogP contribution in [-0.2, 0) is 0 Å². The van der Waals surface area contributed by atoms with Gasteiger partial charge in [-0.05, 0) is 83.5 Å². The first-order valence-electron chi connectivity index (χ1n) is 9.27. The van der Waals surface area contributed by atoms with Crippen molar-refractivity contribution < 1.29 is 23.7 Å². The fourth-order valence-electron chi connectivity index (χ4n) is 2.72. The summed E-state index contributed by atoms with van der Waals surface area (Å²) in [5, 5.41) is 2.87. The average Bonchev–Trinajstić information content (AvgIpc) is 2.77. The Morgan fingerprint density at radius 1 is 0.900 bits per heavy atom. The van der Waals surface area contributed by atoms with Crippen LogP contribution in [-0.4, -0.2) is 26.7 Å². The first kappa shape index (κ1) is 21.5. The Balaban J connectivity index is 1.69. The van der Waals surface area contributed by atoms with Gasteiger partial charge in [0, 0.05) is 11.3 Å². The maximum absolute atomic E-state index is 12.7. The fraction of sp³-hybridized carbons (Fsp3) is 0.174. The van der Waals surface area contributed by atoms with Gasteiger partial charge >= 0.3 is 0 Å². The van der Waals surface area contributed by atoms with Crippen LogP contribution in [0.3, 0.4) is 0 Å². The van der Waals surface area contributed by atoms with Gasteiger partial charge in [-0.25, -0.2) is 0 Å². The summed E-state index contributed by atoms with van der Waals surface area (Å²) in [6.07, 6.45) is 0. The van der Waals surface area contributed by atoms with Gasteiger partial charge in [0.2, 0.25) is 0 Å². The topological polar surface area (TPSA) is 66.0 Å². The van der Waals surface area contributed by atoms with Crippen LogP contribution in [0.25, 0.3) is 0 Å². The quantitative estimate of drug-likeness (QED) is 0.442. The predicted molar refractivity (Wildman–Crippen MR) is 119 cm³/mol. The van der Waals surface area contributed by atoms with Gasteiger partial charge in [0.1, 0.15) is 17.2 Å². The summed E-state index contributed by atoms with van der Waals surface area (Å²) in [4.78, 5) is 12.7. The van der Waals surface area contributed by atoms with Crippen molar-refractivity contribution in [3.63, 3.8) is 0 Å². The summed E-state index contributed by atoms with van der Waals surface area (Å²) in [6, 6.07) is 17.8. The minimum absolute atomic E-state index is 0.263. The number of carbonyl (C=O) groups excluding carboxylic acids is 1. The first-order chi connectivity index (χ1) is 14.5. The van der Waals surface area contributed by atoms with E-state index < -0.39 is 0 Å². The molecule has 0 heterocycles. The van der Waals surface area contributed by atoms with Crippen LogP contribution >= 0.6 is 15.9 Å². The van der Waals surface area contributed by atoms with Gasteiger partial charge in [-0.3, -0.25) is 4.79 Å². The van der Waals surface area contributed by atoms with Crippen molar-refractivity contribution in [3.05, 3.63) is 70.7 Å². The third kappa shape index (κ3) is 5.24. The van der Waals surface area contributed by atoms with Crippen molar-refractivity contribution in [2.45, 2.75) is 6.92 Å². The second-order valence-electron chi connectivity index (χ2n) is 6.18. The molecule has 3 aromatic carbocycles. The number of halogens is 1. The van der Waals surface area contributed by atoms with Gasteiger partial charge in [0.15, 0.2) is 11.5 Å². The van der Waals surface area contributed by atoms with Crippen molar-refractivity contribution >= 4 is 27.5 Å². The number of amides is 1. The average molecular weight is 472 g/mol. The van der Waals surface area contributed by atoms with Crippen LogP contribution in [0.1, 0.15) is 17.3 Å². The highest BCUT2D eigenvalue weighted by Gasteiger charge is 2.15. The monoisotopic (exact) mass is 471 g/mol. The molecule has 0 spiro atoms. The minimum atomic E-state index is -0.263. The SMILES string of the molecule is CCOc1c(Br)cc(C(=O)Nc2ccc(Oc3ccc(OC)cc3)cc2)cc1OC. The molecule has 1 N–H and O–H groups in total. The van der Waals surface area contributed by atoms with Gasteiger partial charge in [-0.2, -0.15) is 0 Å². The van der Waals surface area contributed by atoms with Crippen molar-refractivity contribution in [1.82, 2.24) is 0 Å². The zero-order valence-electron chi connectivity index (χ0n) is 16.9. The van der Waals surface area contributed by atoms with Crippen LogP contribution in [0, 0.1) is 0 Å². The number of benzene rings is 3. The lowest BCUT2D eigenvalue weighted by Crippen LogP contribution is -2.12. The van der Waals surface area contributed by atoms with Crippen LogP contribution in [0.2, 0.25) is 0 Å². The van der Waals surface area contributed by atoms with E-state index in [1.165, 1.54) is 7.11 Å². The standard InChI is InChI=1S/C23H22BrNO5/c1-4-29-22-20(24)13-15(14-21(22)28-3)23(26)25-16-5-7-18(8-6-16)30-19-11-9-17(27-2)10-12-19/h5-14H,4H2,1-3H3,(H,25,26). The molecule has 0 saturated carbocycles. The molecule has 0 saturated heterocycles. The second kappa shape index (κ2) is 10.0. The molecule has 6 nitrogen and oxygen atoms in total. The molecule has 0 aliphatic carbocycles. The highest BCUT2D eigenvalue weighted by Crippen LogP contribution is 2.37. The molecule has 0 aliphatic heterocycles. The molecule has 0 aliphatic rings.